The molecular weight excluding hydrogens is 206 g/mol. The van der Waals surface area contributed by atoms with Crippen molar-refractivity contribution in [2.24, 2.45) is 0 Å². The summed E-state index contributed by atoms with van der Waals surface area (Å²) in [6, 6.07) is 1.69. The Balaban J connectivity index is 2.11. The molecule has 0 saturated carbocycles. The molecule has 2 rings (SSSR count). The molecular formula is C10H13N5O. The van der Waals surface area contributed by atoms with Gasteiger partial charge in [0.15, 0.2) is 0 Å². The molecule has 2 heterocycles. The van der Waals surface area contributed by atoms with Crippen molar-refractivity contribution >= 4 is 0 Å². The van der Waals surface area contributed by atoms with Gasteiger partial charge >= 0.3 is 0 Å². The minimum atomic E-state index is -0.669. The summed E-state index contributed by atoms with van der Waals surface area (Å²) in [5.74, 6) is 0.758. The monoisotopic (exact) mass is 219 g/mol. The topological polar surface area (TPSA) is 76.7 Å². The van der Waals surface area contributed by atoms with Crippen LogP contribution in [0.5, 0.6) is 0 Å². The second kappa shape index (κ2) is 4.80. The number of rotatable bonds is 4. The summed E-state index contributed by atoms with van der Waals surface area (Å²) in [6.45, 7) is 2.72. The van der Waals surface area contributed by atoms with Crippen LogP contribution in [0.1, 0.15) is 24.5 Å². The summed E-state index contributed by atoms with van der Waals surface area (Å²) in [4.78, 5) is 11.9. The quantitative estimate of drug-likeness (QED) is 0.803. The minimum absolute atomic E-state index is 0.408. The zero-order valence-corrected chi connectivity index (χ0v) is 8.98. The summed E-state index contributed by atoms with van der Waals surface area (Å²) < 4.78 is 1.75. The first kappa shape index (κ1) is 10.7. The van der Waals surface area contributed by atoms with Crippen molar-refractivity contribution in [3.05, 3.63) is 36.4 Å². The molecule has 0 aliphatic carbocycles. The largest absolute Gasteiger partial charge is 0.386 e. The van der Waals surface area contributed by atoms with E-state index in [2.05, 4.69) is 20.1 Å². The highest BCUT2D eigenvalue weighted by molar-refractivity contribution is 5.04. The maximum Gasteiger partial charge on any atom is 0.138 e. The predicted octanol–water partition coefficient (Wildman–Crippen LogP) is 0.364. The van der Waals surface area contributed by atoms with Crippen LogP contribution in [0.4, 0.5) is 0 Å². The Morgan fingerprint density at radius 3 is 2.94 bits per heavy atom. The molecule has 2 aromatic rings. The van der Waals surface area contributed by atoms with E-state index in [0.29, 0.717) is 12.1 Å². The fourth-order valence-corrected chi connectivity index (χ4v) is 1.49. The zero-order chi connectivity index (χ0) is 11.4. The van der Waals surface area contributed by atoms with E-state index >= 15 is 0 Å². The summed E-state index contributed by atoms with van der Waals surface area (Å²) in [5, 5.41) is 14.0. The van der Waals surface area contributed by atoms with E-state index in [0.717, 1.165) is 12.4 Å². The van der Waals surface area contributed by atoms with Crippen LogP contribution in [-0.4, -0.2) is 29.8 Å². The van der Waals surface area contributed by atoms with E-state index in [9.17, 15) is 5.11 Å². The highest BCUT2D eigenvalue weighted by Gasteiger charge is 2.13. The number of nitrogens with zero attached hydrogens (tertiary/aromatic N) is 5. The van der Waals surface area contributed by atoms with Gasteiger partial charge in [0.1, 0.15) is 24.6 Å². The molecule has 0 fully saturated rings. The van der Waals surface area contributed by atoms with Gasteiger partial charge in [-0.2, -0.15) is 5.10 Å². The molecule has 16 heavy (non-hydrogen) atoms. The smallest absolute Gasteiger partial charge is 0.138 e. The van der Waals surface area contributed by atoms with Crippen molar-refractivity contribution in [3.63, 3.8) is 0 Å². The second-order valence-electron chi connectivity index (χ2n) is 3.35. The van der Waals surface area contributed by atoms with Crippen LogP contribution in [0.25, 0.3) is 0 Å². The molecule has 0 bridgehead atoms. The summed E-state index contributed by atoms with van der Waals surface area (Å²) in [7, 11) is 0. The number of aliphatic hydroxyl groups is 1. The van der Waals surface area contributed by atoms with E-state index in [4.69, 9.17) is 0 Å². The zero-order valence-electron chi connectivity index (χ0n) is 8.98. The Labute approximate surface area is 93.0 Å². The van der Waals surface area contributed by atoms with E-state index in [1.54, 1.807) is 16.9 Å². The average molecular weight is 219 g/mol. The highest BCUT2D eigenvalue weighted by Crippen LogP contribution is 2.13. The molecule has 6 heteroatoms. The Kier molecular flexibility index (Phi) is 3.21. The summed E-state index contributed by atoms with van der Waals surface area (Å²) in [6.07, 6.45) is 4.26. The van der Waals surface area contributed by atoms with Crippen LogP contribution >= 0.6 is 0 Å². The van der Waals surface area contributed by atoms with Crippen LogP contribution in [-0.2, 0) is 13.0 Å². The van der Waals surface area contributed by atoms with Gasteiger partial charge in [0.2, 0.25) is 0 Å². The lowest BCUT2D eigenvalue weighted by Crippen LogP contribution is -2.10. The first-order valence-electron chi connectivity index (χ1n) is 5.12. The molecule has 1 unspecified atom stereocenters. The van der Waals surface area contributed by atoms with Crippen molar-refractivity contribution in [2.75, 3.05) is 0 Å². The lowest BCUT2D eigenvalue weighted by atomic mass is 10.2. The molecule has 0 aliphatic rings. The highest BCUT2D eigenvalue weighted by atomic mass is 16.3. The Morgan fingerprint density at radius 1 is 1.38 bits per heavy atom. The molecule has 0 aromatic carbocycles. The van der Waals surface area contributed by atoms with Gasteiger partial charge in [-0.25, -0.2) is 15.0 Å². The van der Waals surface area contributed by atoms with Gasteiger partial charge in [-0.1, -0.05) is 0 Å². The number of hydrogen-bond donors (Lipinski definition) is 1. The van der Waals surface area contributed by atoms with Crippen LogP contribution in [0.2, 0.25) is 0 Å². The first-order chi connectivity index (χ1) is 7.81. The third kappa shape index (κ3) is 2.22. The maximum atomic E-state index is 9.94. The van der Waals surface area contributed by atoms with E-state index in [1.807, 2.05) is 6.92 Å². The predicted molar refractivity (Wildman–Crippen MR) is 56.4 cm³/mol. The minimum Gasteiger partial charge on any atom is -0.386 e. The molecule has 6 nitrogen and oxygen atoms in total. The van der Waals surface area contributed by atoms with Crippen LogP contribution in [0.3, 0.4) is 0 Å². The molecule has 0 saturated heterocycles. The van der Waals surface area contributed by atoms with Gasteiger partial charge in [0, 0.05) is 19.2 Å². The number of aromatic nitrogens is 5. The third-order valence-corrected chi connectivity index (χ3v) is 2.32. The molecule has 0 aliphatic heterocycles. The van der Waals surface area contributed by atoms with Crippen molar-refractivity contribution in [1.82, 2.24) is 24.7 Å². The second-order valence-corrected chi connectivity index (χ2v) is 3.35. The molecule has 0 radical (unpaired) electrons. The molecule has 84 valence electrons. The fraction of sp³-hybridized carbons (Fsp3) is 0.400. The standard InChI is InChI=1S/C10H13N5O/c1-2-15-10(13-7-14-15)5-9(16)8-3-4-11-6-12-8/h3-4,6-7,9,16H,2,5H2,1H3. The van der Waals surface area contributed by atoms with Gasteiger partial charge in [-0.15, -0.1) is 0 Å². The third-order valence-electron chi connectivity index (χ3n) is 2.32. The lowest BCUT2D eigenvalue weighted by Gasteiger charge is -2.09. The molecule has 0 amide bonds. The molecule has 2 aromatic heterocycles. The van der Waals surface area contributed by atoms with Gasteiger partial charge < -0.3 is 5.11 Å². The Morgan fingerprint density at radius 2 is 2.25 bits per heavy atom. The maximum absolute atomic E-state index is 9.94. The van der Waals surface area contributed by atoms with Crippen LogP contribution in [0, 0.1) is 0 Å². The Bertz CT molecular complexity index is 441. The number of aliphatic hydroxyl groups excluding tert-OH is 1. The van der Waals surface area contributed by atoms with Crippen molar-refractivity contribution < 1.29 is 5.11 Å². The molecule has 1 N–H and O–H groups in total. The number of hydrogen-bond acceptors (Lipinski definition) is 5. The van der Waals surface area contributed by atoms with Crippen LogP contribution < -0.4 is 0 Å². The van der Waals surface area contributed by atoms with Crippen molar-refractivity contribution in [3.8, 4) is 0 Å². The fourth-order valence-electron chi connectivity index (χ4n) is 1.49. The van der Waals surface area contributed by atoms with Gasteiger partial charge in [-0.05, 0) is 13.0 Å². The lowest BCUT2D eigenvalue weighted by molar-refractivity contribution is 0.169. The van der Waals surface area contributed by atoms with E-state index in [-0.39, 0.29) is 0 Å². The van der Waals surface area contributed by atoms with Gasteiger partial charge in [-0.3, -0.25) is 4.68 Å². The Hall–Kier alpha value is -1.82. The van der Waals surface area contributed by atoms with E-state index in [1.165, 1.54) is 12.7 Å². The van der Waals surface area contributed by atoms with Crippen molar-refractivity contribution in [2.45, 2.75) is 26.0 Å². The average Bonchev–Trinajstić information content (AvgIpc) is 2.77. The first-order valence-corrected chi connectivity index (χ1v) is 5.12. The summed E-state index contributed by atoms with van der Waals surface area (Å²) in [5.41, 5.74) is 0.598. The summed E-state index contributed by atoms with van der Waals surface area (Å²) >= 11 is 0. The number of aryl methyl sites for hydroxylation is 1. The van der Waals surface area contributed by atoms with Crippen molar-refractivity contribution in [1.29, 1.82) is 0 Å². The normalized spacial score (nSPS) is 12.6. The van der Waals surface area contributed by atoms with Gasteiger partial charge in [0.25, 0.3) is 0 Å². The molecule has 0 spiro atoms. The van der Waals surface area contributed by atoms with Crippen LogP contribution in [0.15, 0.2) is 24.9 Å². The molecule has 1 atom stereocenters. The van der Waals surface area contributed by atoms with Gasteiger partial charge in [0.05, 0.1) is 5.69 Å². The van der Waals surface area contributed by atoms with E-state index < -0.39 is 6.10 Å². The SMILES string of the molecule is CCn1ncnc1CC(O)c1ccncn1.